The van der Waals surface area contributed by atoms with Gasteiger partial charge in [0, 0.05) is 22.7 Å². The van der Waals surface area contributed by atoms with E-state index in [1.54, 1.807) is 0 Å². The Kier molecular flexibility index (Phi) is 6.80. The minimum absolute atomic E-state index is 0.755. The summed E-state index contributed by atoms with van der Waals surface area (Å²) in [7, 11) is 0. The molecule has 3 nitrogen and oxygen atoms in total. The lowest BCUT2D eigenvalue weighted by atomic mass is 9.96. The van der Waals surface area contributed by atoms with Crippen LogP contribution in [0.2, 0.25) is 0 Å². The predicted molar refractivity (Wildman–Crippen MR) is 200 cm³/mol. The monoisotopic (exact) mass is 614 g/mol. The van der Waals surface area contributed by atoms with Gasteiger partial charge in [0.05, 0.1) is 17.6 Å². The smallest absolute Gasteiger partial charge is 0.155 e. The maximum absolute atomic E-state index is 6.50. The number of hydrogen-bond donors (Lipinski definition) is 0. The molecule has 2 heterocycles. The molecule has 7 aromatic carbocycles. The van der Waals surface area contributed by atoms with Crippen molar-refractivity contribution in [3.8, 4) is 33.4 Å². The van der Waals surface area contributed by atoms with Gasteiger partial charge in [0.2, 0.25) is 0 Å². The van der Waals surface area contributed by atoms with Crippen LogP contribution in [0.4, 0.5) is 17.1 Å². The number of rotatable bonds is 6. The third kappa shape index (κ3) is 4.99. The number of pyridine rings is 1. The molecule has 0 saturated heterocycles. The van der Waals surface area contributed by atoms with Gasteiger partial charge in [-0.05, 0) is 75.0 Å². The molecule has 0 aliphatic heterocycles. The molecule has 2 aromatic heterocycles. The van der Waals surface area contributed by atoms with Crippen LogP contribution >= 0.6 is 0 Å². The normalized spacial score (nSPS) is 11.3. The summed E-state index contributed by atoms with van der Waals surface area (Å²) in [6, 6.07) is 61.9. The minimum atomic E-state index is 0.755. The van der Waals surface area contributed by atoms with E-state index in [-0.39, 0.29) is 0 Å². The first-order valence-corrected chi connectivity index (χ1v) is 16.2. The molecule has 0 amide bonds. The van der Waals surface area contributed by atoms with Crippen LogP contribution in [0.25, 0.3) is 66.2 Å². The van der Waals surface area contributed by atoms with Gasteiger partial charge in [-0.2, -0.15) is 0 Å². The molecule has 0 radical (unpaired) electrons. The van der Waals surface area contributed by atoms with E-state index >= 15 is 0 Å². The lowest BCUT2D eigenvalue weighted by Gasteiger charge is -2.28. The van der Waals surface area contributed by atoms with Crippen molar-refractivity contribution in [1.82, 2.24) is 4.98 Å². The molecule has 48 heavy (non-hydrogen) atoms. The summed E-state index contributed by atoms with van der Waals surface area (Å²) in [5, 5.41) is 3.34. The second-order valence-corrected chi connectivity index (χ2v) is 12.1. The molecule has 0 unspecified atom stereocenters. The van der Waals surface area contributed by atoms with Gasteiger partial charge in [-0.1, -0.05) is 133 Å². The highest BCUT2D eigenvalue weighted by molar-refractivity contribution is 6.09. The number of hydrogen-bond acceptors (Lipinski definition) is 3. The standard InChI is InChI=1S/C45H30N2O/c1-4-12-31(13-5-1)33-20-23-38(24-21-33)47(39-29-44-45(46-30-39)41-27-35-18-10-11-19-36(35)28-43(41)48-44)42-25-22-37(32-14-6-2-7-15-32)26-40(42)34-16-8-3-9-17-34/h1-30H. The van der Waals surface area contributed by atoms with Crippen LogP contribution in [0, 0.1) is 0 Å². The summed E-state index contributed by atoms with van der Waals surface area (Å²) in [4.78, 5) is 7.34. The fourth-order valence-corrected chi connectivity index (χ4v) is 6.69. The van der Waals surface area contributed by atoms with E-state index in [0.717, 1.165) is 61.2 Å². The van der Waals surface area contributed by atoms with Crippen molar-refractivity contribution in [3.63, 3.8) is 0 Å². The highest BCUT2D eigenvalue weighted by Gasteiger charge is 2.21. The van der Waals surface area contributed by atoms with Crippen molar-refractivity contribution < 1.29 is 4.42 Å². The van der Waals surface area contributed by atoms with E-state index in [2.05, 4.69) is 175 Å². The van der Waals surface area contributed by atoms with Gasteiger partial charge in [-0.15, -0.1) is 0 Å². The molecule has 0 bridgehead atoms. The Labute approximate surface area is 279 Å². The summed E-state index contributed by atoms with van der Waals surface area (Å²) in [5.41, 5.74) is 12.4. The zero-order valence-electron chi connectivity index (χ0n) is 26.1. The molecular weight excluding hydrogens is 585 g/mol. The molecule has 0 atom stereocenters. The zero-order valence-corrected chi connectivity index (χ0v) is 26.1. The Morgan fingerprint density at radius 3 is 1.67 bits per heavy atom. The van der Waals surface area contributed by atoms with Crippen molar-refractivity contribution in [2.45, 2.75) is 0 Å². The Bertz CT molecular complexity index is 2540. The topological polar surface area (TPSA) is 29.3 Å². The van der Waals surface area contributed by atoms with Gasteiger partial charge in [-0.25, -0.2) is 4.98 Å². The van der Waals surface area contributed by atoms with E-state index < -0.39 is 0 Å². The lowest BCUT2D eigenvalue weighted by molar-refractivity contribution is 0.668. The zero-order chi connectivity index (χ0) is 31.9. The van der Waals surface area contributed by atoms with Crippen LogP contribution in [0.5, 0.6) is 0 Å². The second-order valence-electron chi connectivity index (χ2n) is 12.1. The summed E-state index contributed by atoms with van der Waals surface area (Å²) < 4.78 is 6.50. The summed E-state index contributed by atoms with van der Waals surface area (Å²) in [6.07, 6.45) is 1.97. The van der Waals surface area contributed by atoms with Crippen molar-refractivity contribution in [3.05, 3.63) is 182 Å². The summed E-state index contributed by atoms with van der Waals surface area (Å²) in [6.45, 7) is 0. The van der Waals surface area contributed by atoms with Crippen LogP contribution in [0.1, 0.15) is 0 Å². The number of nitrogens with zero attached hydrogens (tertiary/aromatic N) is 2. The van der Waals surface area contributed by atoms with Gasteiger partial charge in [-0.3, -0.25) is 0 Å². The number of benzene rings is 7. The fourth-order valence-electron chi connectivity index (χ4n) is 6.69. The van der Waals surface area contributed by atoms with E-state index in [1.807, 2.05) is 12.3 Å². The van der Waals surface area contributed by atoms with Crippen molar-refractivity contribution in [2.24, 2.45) is 0 Å². The molecule has 0 saturated carbocycles. The molecule has 3 heteroatoms. The summed E-state index contributed by atoms with van der Waals surface area (Å²) >= 11 is 0. The molecule has 0 N–H and O–H groups in total. The third-order valence-corrected chi connectivity index (χ3v) is 9.08. The molecule has 226 valence electrons. The number of fused-ring (bicyclic) bond motifs is 4. The molecule has 9 aromatic rings. The first kappa shape index (κ1) is 27.8. The average molecular weight is 615 g/mol. The second kappa shape index (κ2) is 11.7. The van der Waals surface area contributed by atoms with Crippen LogP contribution < -0.4 is 4.90 Å². The third-order valence-electron chi connectivity index (χ3n) is 9.08. The van der Waals surface area contributed by atoms with Crippen LogP contribution in [0.3, 0.4) is 0 Å². The van der Waals surface area contributed by atoms with E-state index in [9.17, 15) is 0 Å². The van der Waals surface area contributed by atoms with Crippen molar-refractivity contribution in [1.29, 1.82) is 0 Å². The highest BCUT2D eigenvalue weighted by atomic mass is 16.3. The average Bonchev–Trinajstić information content (AvgIpc) is 3.52. The van der Waals surface area contributed by atoms with Crippen molar-refractivity contribution in [2.75, 3.05) is 4.90 Å². The lowest BCUT2D eigenvalue weighted by Crippen LogP contribution is -2.11. The molecular formula is C45H30N2O. The van der Waals surface area contributed by atoms with Crippen LogP contribution in [-0.4, -0.2) is 4.98 Å². The van der Waals surface area contributed by atoms with Gasteiger partial charge in [0.1, 0.15) is 11.1 Å². The highest BCUT2D eigenvalue weighted by Crippen LogP contribution is 2.44. The molecule has 0 fully saturated rings. The van der Waals surface area contributed by atoms with E-state index in [1.165, 1.54) is 22.1 Å². The molecule has 0 aliphatic rings. The quantitative estimate of drug-likeness (QED) is 0.187. The maximum atomic E-state index is 6.50. The molecule has 9 rings (SSSR count). The van der Waals surface area contributed by atoms with Gasteiger partial charge < -0.3 is 9.32 Å². The molecule has 0 aliphatic carbocycles. The Morgan fingerprint density at radius 1 is 0.417 bits per heavy atom. The van der Waals surface area contributed by atoms with Gasteiger partial charge in [0.15, 0.2) is 5.58 Å². The Balaban J connectivity index is 1.25. The van der Waals surface area contributed by atoms with Gasteiger partial charge in [0.25, 0.3) is 0 Å². The largest absolute Gasteiger partial charge is 0.454 e. The first-order valence-electron chi connectivity index (χ1n) is 16.2. The maximum Gasteiger partial charge on any atom is 0.155 e. The number of anilines is 3. The Morgan fingerprint density at radius 2 is 0.979 bits per heavy atom. The number of furan rings is 1. The first-order chi connectivity index (χ1) is 23.8. The molecule has 0 spiro atoms. The SMILES string of the molecule is c1ccc(-c2ccc(N(c3cnc4c(c3)oc3cc5ccccc5cc34)c3ccc(-c4ccccc4)cc3-c3ccccc3)cc2)cc1. The summed E-state index contributed by atoms with van der Waals surface area (Å²) in [5.74, 6) is 0. The predicted octanol–water partition coefficient (Wildman–Crippen LogP) is 12.6. The van der Waals surface area contributed by atoms with E-state index in [0.29, 0.717) is 0 Å². The van der Waals surface area contributed by atoms with Crippen LogP contribution in [0.15, 0.2) is 187 Å². The van der Waals surface area contributed by atoms with Gasteiger partial charge >= 0.3 is 0 Å². The number of aromatic nitrogens is 1. The van der Waals surface area contributed by atoms with E-state index in [4.69, 9.17) is 9.40 Å². The Hall–Kier alpha value is -6.45. The fraction of sp³-hybridized carbons (Fsp3) is 0. The van der Waals surface area contributed by atoms with Crippen molar-refractivity contribution >= 4 is 49.9 Å². The van der Waals surface area contributed by atoms with Crippen LogP contribution in [-0.2, 0) is 0 Å². The minimum Gasteiger partial charge on any atom is -0.454 e.